The molecule has 0 unspecified atom stereocenters. The van der Waals surface area contributed by atoms with Crippen molar-refractivity contribution in [1.82, 2.24) is 9.36 Å². The lowest BCUT2D eigenvalue weighted by Crippen LogP contribution is -2.03. The lowest BCUT2D eigenvalue weighted by atomic mass is 10.1. The third-order valence-electron chi connectivity index (χ3n) is 3.15. The van der Waals surface area contributed by atoms with Crippen molar-refractivity contribution >= 4 is 16.7 Å². The fraction of sp³-hybridized carbons (Fsp3) is 0.467. The number of ether oxygens (including phenoxy) is 1. The number of unbranched alkanes of at least 4 members (excludes halogenated alkanes) is 2. The first-order valence-corrected chi connectivity index (χ1v) is 7.98. The minimum atomic E-state index is 0.745. The molecular weight excluding hydrogens is 284 g/mol. The number of hydrogen-bond acceptors (Lipinski definition) is 6. The maximum absolute atomic E-state index is 5.47. The van der Waals surface area contributed by atoms with Gasteiger partial charge in [-0.25, -0.2) is 4.98 Å². The Kier molecular flexibility index (Phi) is 6.43. The molecule has 0 saturated carbocycles. The van der Waals surface area contributed by atoms with E-state index in [0.717, 1.165) is 55.5 Å². The van der Waals surface area contributed by atoms with Crippen molar-refractivity contribution in [1.29, 1.82) is 0 Å². The van der Waals surface area contributed by atoms with Gasteiger partial charge in [-0.05, 0) is 37.1 Å². The molecule has 5 nitrogen and oxygen atoms in total. The summed E-state index contributed by atoms with van der Waals surface area (Å²) in [4.78, 5) is 4.51. The van der Waals surface area contributed by atoms with E-state index in [1.807, 2.05) is 24.3 Å². The highest BCUT2D eigenvalue weighted by molar-refractivity contribution is 7.09. The number of hydrogen-bond donors (Lipinski definition) is 2. The monoisotopic (exact) mass is 306 g/mol. The van der Waals surface area contributed by atoms with Crippen LogP contribution in [0.3, 0.4) is 0 Å². The van der Waals surface area contributed by atoms with Gasteiger partial charge in [-0.1, -0.05) is 18.6 Å². The molecule has 0 aliphatic heterocycles. The van der Waals surface area contributed by atoms with Crippen molar-refractivity contribution in [3.63, 3.8) is 0 Å². The van der Waals surface area contributed by atoms with Gasteiger partial charge in [0, 0.05) is 24.5 Å². The summed E-state index contributed by atoms with van der Waals surface area (Å²) in [5.41, 5.74) is 6.65. The molecule has 1 aromatic carbocycles. The highest BCUT2D eigenvalue weighted by atomic mass is 32.1. The smallest absolute Gasteiger partial charge is 0.202 e. The summed E-state index contributed by atoms with van der Waals surface area (Å²) >= 11 is 1.42. The SMILES string of the molecule is COc1ccc(Cc2nsc(NCCCCCN)n2)cc1. The number of benzene rings is 1. The van der Waals surface area contributed by atoms with Gasteiger partial charge >= 0.3 is 0 Å². The van der Waals surface area contributed by atoms with Crippen LogP contribution in [0.4, 0.5) is 5.13 Å². The second-order valence-corrected chi connectivity index (χ2v) is 5.57. The van der Waals surface area contributed by atoms with Crippen LogP contribution in [0.2, 0.25) is 0 Å². The number of aromatic nitrogens is 2. The summed E-state index contributed by atoms with van der Waals surface area (Å²) in [5.74, 6) is 1.72. The molecule has 0 bridgehead atoms. The van der Waals surface area contributed by atoms with Crippen LogP contribution in [-0.2, 0) is 6.42 Å². The molecule has 1 aromatic heterocycles. The fourth-order valence-corrected chi connectivity index (χ4v) is 2.57. The van der Waals surface area contributed by atoms with Crippen molar-refractivity contribution in [2.45, 2.75) is 25.7 Å². The Morgan fingerprint density at radius 1 is 1.19 bits per heavy atom. The zero-order valence-electron chi connectivity index (χ0n) is 12.3. The molecular formula is C15H22N4OS. The lowest BCUT2D eigenvalue weighted by Gasteiger charge is -2.01. The van der Waals surface area contributed by atoms with Crippen LogP contribution < -0.4 is 15.8 Å². The summed E-state index contributed by atoms with van der Waals surface area (Å²) in [6.07, 6.45) is 4.10. The molecule has 21 heavy (non-hydrogen) atoms. The molecule has 6 heteroatoms. The number of nitrogens with one attached hydrogen (secondary N) is 1. The van der Waals surface area contributed by atoms with E-state index in [9.17, 15) is 0 Å². The Morgan fingerprint density at radius 2 is 2.00 bits per heavy atom. The fourth-order valence-electron chi connectivity index (χ4n) is 1.96. The molecule has 2 rings (SSSR count). The van der Waals surface area contributed by atoms with Crippen molar-refractivity contribution in [3.8, 4) is 5.75 Å². The average Bonchev–Trinajstić information content (AvgIpc) is 2.95. The van der Waals surface area contributed by atoms with Crippen LogP contribution in [-0.4, -0.2) is 29.6 Å². The van der Waals surface area contributed by atoms with Gasteiger partial charge in [-0.15, -0.1) is 0 Å². The predicted octanol–water partition coefficient (Wildman–Crippen LogP) is 2.68. The van der Waals surface area contributed by atoms with Crippen molar-refractivity contribution < 1.29 is 4.74 Å². The summed E-state index contributed by atoms with van der Waals surface area (Å²) in [5, 5.41) is 4.21. The largest absolute Gasteiger partial charge is 0.497 e. The van der Waals surface area contributed by atoms with Gasteiger partial charge in [0.25, 0.3) is 0 Å². The first kappa shape index (κ1) is 15.7. The normalized spacial score (nSPS) is 10.6. The lowest BCUT2D eigenvalue weighted by molar-refractivity contribution is 0.414. The number of nitrogens with zero attached hydrogens (tertiary/aromatic N) is 2. The highest BCUT2D eigenvalue weighted by Gasteiger charge is 2.05. The quantitative estimate of drug-likeness (QED) is 0.697. The Labute approximate surface area is 129 Å². The molecule has 2 aromatic rings. The number of nitrogens with two attached hydrogens (primary N) is 1. The molecule has 0 aliphatic rings. The second-order valence-electron chi connectivity index (χ2n) is 4.82. The molecule has 0 atom stereocenters. The highest BCUT2D eigenvalue weighted by Crippen LogP contribution is 2.16. The Bertz CT molecular complexity index is 527. The van der Waals surface area contributed by atoms with E-state index in [1.54, 1.807) is 7.11 Å². The zero-order valence-corrected chi connectivity index (χ0v) is 13.2. The van der Waals surface area contributed by atoms with E-state index in [2.05, 4.69) is 14.7 Å². The van der Waals surface area contributed by atoms with Crippen molar-refractivity contribution in [3.05, 3.63) is 35.7 Å². The molecule has 114 valence electrons. The topological polar surface area (TPSA) is 73.1 Å². The van der Waals surface area contributed by atoms with Gasteiger partial charge in [0.05, 0.1) is 7.11 Å². The van der Waals surface area contributed by atoms with E-state index in [1.165, 1.54) is 17.1 Å². The summed E-state index contributed by atoms with van der Waals surface area (Å²) in [6.45, 7) is 1.70. The Balaban J connectivity index is 1.79. The van der Waals surface area contributed by atoms with E-state index in [0.29, 0.717) is 0 Å². The molecule has 0 saturated heterocycles. The molecule has 0 fully saturated rings. The van der Waals surface area contributed by atoms with Gasteiger partial charge in [0.1, 0.15) is 11.6 Å². The van der Waals surface area contributed by atoms with Crippen LogP contribution in [0, 0.1) is 0 Å². The van der Waals surface area contributed by atoms with Crippen LogP contribution in [0.25, 0.3) is 0 Å². The first-order chi connectivity index (χ1) is 10.3. The predicted molar refractivity (Wildman–Crippen MR) is 87.1 cm³/mol. The summed E-state index contributed by atoms with van der Waals surface area (Å²) in [6, 6.07) is 8.00. The molecule has 0 radical (unpaired) electrons. The molecule has 0 amide bonds. The van der Waals surface area contributed by atoms with E-state index in [4.69, 9.17) is 10.5 Å². The maximum atomic E-state index is 5.47. The van der Waals surface area contributed by atoms with Gasteiger partial charge < -0.3 is 15.8 Å². The van der Waals surface area contributed by atoms with E-state index >= 15 is 0 Å². The van der Waals surface area contributed by atoms with Crippen LogP contribution >= 0.6 is 11.5 Å². The molecule has 0 spiro atoms. The Morgan fingerprint density at radius 3 is 2.71 bits per heavy atom. The van der Waals surface area contributed by atoms with Gasteiger partial charge in [0.2, 0.25) is 5.13 Å². The molecule has 3 N–H and O–H groups in total. The van der Waals surface area contributed by atoms with Gasteiger partial charge in [-0.3, -0.25) is 0 Å². The van der Waals surface area contributed by atoms with E-state index in [-0.39, 0.29) is 0 Å². The number of methoxy groups -OCH3 is 1. The standard InChI is InChI=1S/C15H22N4OS/c1-20-13-7-5-12(6-8-13)11-14-18-15(21-19-14)17-10-4-2-3-9-16/h5-8H,2-4,9-11,16H2,1H3,(H,17,18,19). The van der Waals surface area contributed by atoms with Crippen LogP contribution in [0.15, 0.2) is 24.3 Å². The van der Waals surface area contributed by atoms with Gasteiger partial charge in [0.15, 0.2) is 0 Å². The van der Waals surface area contributed by atoms with Crippen LogP contribution in [0.5, 0.6) is 5.75 Å². The minimum Gasteiger partial charge on any atom is -0.497 e. The third-order valence-corrected chi connectivity index (χ3v) is 3.86. The summed E-state index contributed by atoms with van der Waals surface area (Å²) < 4.78 is 9.53. The number of anilines is 1. The average molecular weight is 306 g/mol. The second kappa shape index (κ2) is 8.59. The third kappa shape index (κ3) is 5.32. The molecule has 0 aliphatic carbocycles. The van der Waals surface area contributed by atoms with E-state index < -0.39 is 0 Å². The Hall–Kier alpha value is -1.66. The number of rotatable bonds is 9. The zero-order chi connectivity index (χ0) is 14.9. The maximum Gasteiger partial charge on any atom is 0.202 e. The van der Waals surface area contributed by atoms with Gasteiger partial charge in [-0.2, -0.15) is 4.37 Å². The van der Waals surface area contributed by atoms with Crippen molar-refractivity contribution in [2.24, 2.45) is 5.73 Å². The molecule has 1 heterocycles. The first-order valence-electron chi connectivity index (χ1n) is 7.21. The van der Waals surface area contributed by atoms with Crippen molar-refractivity contribution in [2.75, 3.05) is 25.5 Å². The van der Waals surface area contributed by atoms with Crippen LogP contribution in [0.1, 0.15) is 30.7 Å². The minimum absolute atomic E-state index is 0.745. The summed E-state index contributed by atoms with van der Waals surface area (Å²) in [7, 11) is 1.67.